The molecule has 2 aliphatic heterocycles. The highest BCUT2D eigenvalue weighted by Crippen LogP contribution is 2.55. The number of primary sulfonamides is 1. The first-order valence-corrected chi connectivity index (χ1v) is 13.1. The molecule has 12 heteroatoms. The van der Waals surface area contributed by atoms with E-state index in [0.29, 0.717) is 18.5 Å². The third kappa shape index (κ3) is 5.59. The molecule has 5 rings (SSSR count). The number of benzene rings is 2. The van der Waals surface area contributed by atoms with Gasteiger partial charge in [-0.05, 0) is 42.7 Å². The normalized spacial score (nSPS) is 20.7. The smallest absolute Gasteiger partial charge is 0.320 e. The zero-order chi connectivity index (χ0) is 26.3. The van der Waals surface area contributed by atoms with Crippen molar-refractivity contribution in [3.63, 3.8) is 0 Å². The van der Waals surface area contributed by atoms with Crippen molar-refractivity contribution in [3.05, 3.63) is 53.3 Å². The number of hydrogen-bond donors (Lipinski definition) is 1. The van der Waals surface area contributed by atoms with Crippen molar-refractivity contribution in [2.75, 3.05) is 32.8 Å². The number of nitrogens with zero attached hydrogens (tertiary/aromatic N) is 2. The number of sulfonamides is 1. The first kappa shape index (κ1) is 26.2. The van der Waals surface area contributed by atoms with Crippen LogP contribution < -0.4 is 9.88 Å². The summed E-state index contributed by atoms with van der Waals surface area (Å²) in [6.07, 6.45) is 3.41. The molecule has 2 aromatic carbocycles. The molecule has 2 aromatic rings. The molecule has 1 saturated heterocycles. The molecule has 0 unspecified atom stereocenters. The van der Waals surface area contributed by atoms with Gasteiger partial charge in [0.25, 0.3) is 0 Å². The van der Waals surface area contributed by atoms with Crippen LogP contribution in [0.1, 0.15) is 24.8 Å². The van der Waals surface area contributed by atoms with E-state index in [1.54, 1.807) is 24.1 Å². The standard InChI is InChI=1S/C23H23F3N2O2.CH4FNO2S/c1-27-7-8-30-21-18(10-15(24)11-19(21)25)17-4-2-3-14(20(17)26)9-16-12-23(5-6-23)13-28(16)22(27)29;2-1-6(3,4)5/h2-4,10-11,16H,5-9,12-13H2,1H3;1H2,(H2,3,4,5)/t16-;/m0./s1. The molecule has 0 aromatic heterocycles. The van der Waals surface area contributed by atoms with E-state index in [-0.39, 0.29) is 47.5 Å². The Bertz CT molecular complexity index is 1270. The maximum Gasteiger partial charge on any atom is 0.320 e. The van der Waals surface area contributed by atoms with E-state index in [2.05, 4.69) is 5.14 Å². The molecular formula is C24H27F4N3O4S. The topological polar surface area (TPSA) is 92.9 Å². The largest absolute Gasteiger partial charge is 0.488 e. The number of ether oxygens (including phenoxy) is 1. The maximum atomic E-state index is 15.5. The number of likely N-dealkylation sites (N-methyl/N-ethyl adjacent to an activating group) is 1. The van der Waals surface area contributed by atoms with Gasteiger partial charge in [-0.1, -0.05) is 18.2 Å². The van der Waals surface area contributed by atoms with E-state index in [0.717, 1.165) is 31.4 Å². The van der Waals surface area contributed by atoms with Crippen LogP contribution in [0, 0.1) is 22.9 Å². The van der Waals surface area contributed by atoms with Gasteiger partial charge < -0.3 is 14.5 Å². The van der Waals surface area contributed by atoms with Crippen molar-refractivity contribution >= 4 is 16.1 Å². The molecule has 2 fully saturated rings. The SMILES string of the molecule is CN1CCOc2c(F)cc(F)cc2-c2cccc(c2F)C[C@H]2CC3(CC3)CN2C1=O.NS(=O)(=O)CF. The summed E-state index contributed by atoms with van der Waals surface area (Å²) in [5, 5.41) is 4.13. The number of halogens is 4. The van der Waals surface area contributed by atoms with Gasteiger partial charge in [-0.25, -0.2) is 35.9 Å². The summed E-state index contributed by atoms with van der Waals surface area (Å²) >= 11 is 0. The molecule has 1 aliphatic carbocycles. The summed E-state index contributed by atoms with van der Waals surface area (Å²) in [6.45, 7) is 0.942. The minimum atomic E-state index is -3.83. The Morgan fingerprint density at radius 1 is 1.17 bits per heavy atom. The van der Waals surface area contributed by atoms with E-state index in [4.69, 9.17) is 4.74 Å². The molecular weight excluding hydrogens is 502 g/mol. The van der Waals surface area contributed by atoms with Gasteiger partial charge in [-0.3, -0.25) is 0 Å². The fourth-order valence-corrected chi connectivity index (χ4v) is 4.82. The Morgan fingerprint density at radius 2 is 1.86 bits per heavy atom. The number of fused-ring (bicyclic) bond motifs is 5. The second-order valence-corrected chi connectivity index (χ2v) is 11.1. The van der Waals surface area contributed by atoms with Crippen LogP contribution in [0.3, 0.4) is 0 Å². The van der Waals surface area contributed by atoms with Crippen LogP contribution in [-0.4, -0.2) is 63.0 Å². The van der Waals surface area contributed by atoms with Crippen molar-refractivity contribution in [1.29, 1.82) is 0 Å². The lowest BCUT2D eigenvalue weighted by Gasteiger charge is -2.29. The highest BCUT2D eigenvalue weighted by atomic mass is 32.2. The lowest BCUT2D eigenvalue weighted by molar-refractivity contribution is 0.147. The van der Waals surface area contributed by atoms with Gasteiger partial charge in [0.2, 0.25) is 16.0 Å². The van der Waals surface area contributed by atoms with Gasteiger partial charge in [0.15, 0.2) is 11.6 Å². The first-order valence-electron chi connectivity index (χ1n) is 11.4. The molecule has 7 nitrogen and oxygen atoms in total. The molecule has 2 N–H and O–H groups in total. The zero-order valence-electron chi connectivity index (χ0n) is 19.6. The van der Waals surface area contributed by atoms with Gasteiger partial charge in [0.1, 0.15) is 18.2 Å². The van der Waals surface area contributed by atoms with E-state index in [9.17, 15) is 26.4 Å². The van der Waals surface area contributed by atoms with E-state index in [1.807, 2.05) is 4.90 Å². The molecule has 2 amide bonds. The highest BCUT2D eigenvalue weighted by Gasteiger charge is 2.53. The summed E-state index contributed by atoms with van der Waals surface area (Å²) < 4.78 is 79.2. The lowest BCUT2D eigenvalue weighted by atomic mass is 9.94. The number of amides is 2. The third-order valence-electron chi connectivity index (χ3n) is 6.80. The molecule has 1 spiro atoms. The Labute approximate surface area is 206 Å². The van der Waals surface area contributed by atoms with Crippen molar-refractivity contribution in [2.24, 2.45) is 10.6 Å². The average molecular weight is 530 g/mol. The quantitative estimate of drug-likeness (QED) is 0.569. The average Bonchev–Trinajstić information content (AvgIpc) is 3.47. The summed E-state index contributed by atoms with van der Waals surface area (Å²) in [6, 6.07) is 4.98. The summed E-state index contributed by atoms with van der Waals surface area (Å²) in [5.74, 6) is -2.42. The van der Waals surface area contributed by atoms with Crippen LogP contribution in [0.5, 0.6) is 5.75 Å². The first-order chi connectivity index (χ1) is 16.9. The van der Waals surface area contributed by atoms with Crippen molar-refractivity contribution < 1.29 is 35.5 Å². The van der Waals surface area contributed by atoms with Crippen LogP contribution in [-0.2, 0) is 16.4 Å². The molecule has 1 atom stereocenters. The van der Waals surface area contributed by atoms with Crippen LogP contribution in [0.25, 0.3) is 11.1 Å². The fraction of sp³-hybridized carbons (Fsp3) is 0.458. The zero-order valence-corrected chi connectivity index (χ0v) is 20.5. The van der Waals surface area contributed by atoms with E-state index >= 15 is 4.39 Å². The second kappa shape index (κ2) is 9.89. The highest BCUT2D eigenvalue weighted by molar-refractivity contribution is 7.88. The van der Waals surface area contributed by atoms with Crippen LogP contribution in [0.15, 0.2) is 30.3 Å². The Hall–Kier alpha value is -2.86. The van der Waals surface area contributed by atoms with Gasteiger partial charge in [0.05, 0.1) is 6.54 Å². The lowest BCUT2D eigenvalue weighted by Crippen LogP contribution is -2.46. The number of urea groups is 1. The Morgan fingerprint density at radius 3 is 2.50 bits per heavy atom. The molecule has 196 valence electrons. The third-order valence-corrected chi connectivity index (χ3v) is 7.11. The predicted molar refractivity (Wildman–Crippen MR) is 125 cm³/mol. The minimum absolute atomic E-state index is 0.0166. The monoisotopic (exact) mass is 529 g/mol. The minimum Gasteiger partial charge on any atom is -0.488 e. The number of carbonyl (C=O) groups excluding carboxylic acids is 1. The fourth-order valence-electron chi connectivity index (χ4n) is 4.82. The molecule has 1 saturated carbocycles. The molecule has 0 radical (unpaired) electrons. The van der Waals surface area contributed by atoms with E-state index < -0.39 is 33.5 Å². The Kier molecular flexibility index (Phi) is 7.20. The van der Waals surface area contributed by atoms with Gasteiger partial charge >= 0.3 is 6.03 Å². The summed E-state index contributed by atoms with van der Waals surface area (Å²) in [4.78, 5) is 16.5. The van der Waals surface area contributed by atoms with Crippen molar-refractivity contribution in [1.82, 2.24) is 9.80 Å². The van der Waals surface area contributed by atoms with Crippen LogP contribution in [0.2, 0.25) is 0 Å². The molecule has 2 heterocycles. The van der Waals surface area contributed by atoms with Gasteiger partial charge in [0, 0.05) is 36.8 Å². The summed E-state index contributed by atoms with van der Waals surface area (Å²) in [7, 11) is -2.15. The molecule has 2 bridgehead atoms. The van der Waals surface area contributed by atoms with Gasteiger partial charge in [-0.15, -0.1) is 0 Å². The number of rotatable bonds is 1. The second-order valence-electron chi connectivity index (χ2n) is 9.56. The predicted octanol–water partition coefficient (Wildman–Crippen LogP) is 3.81. The number of hydrogen-bond acceptors (Lipinski definition) is 4. The number of alkyl halides is 1. The number of nitrogens with two attached hydrogens (primary N) is 1. The molecule has 3 aliphatic rings. The summed E-state index contributed by atoms with van der Waals surface area (Å²) in [5.41, 5.74) is 0.750. The van der Waals surface area contributed by atoms with Gasteiger partial charge in [-0.2, -0.15) is 0 Å². The van der Waals surface area contributed by atoms with Crippen LogP contribution >= 0.6 is 0 Å². The van der Waals surface area contributed by atoms with Crippen molar-refractivity contribution in [2.45, 2.75) is 31.7 Å². The van der Waals surface area contributed by atoms with E-state index in [1.165, 1.54) is 6.07 Å². The maximum absolute atomic E-state index is 15.5. The molecule has 36 heavy (non-hydrogen) atoms. The van der Waals surface area contributed by atoms with Crippen molar-refractivity contribution in [3.8, 4) is 16.9 Å². The Balaban J connectivity index is 0.000000455. The number of carbonyl (C=O) groups is 1. The van der Waals surface area contributed by atoms with Crippen LogP contribution in [0.4, 0.5) is 22.4 Å².